The lowest BCUT2D eigenvalue weighted by atomic mass is 9.44. The molecule has 0 amide bonds. The Hall–Kier alpha value is -3.79. The Labute approximate surface area is 309 Å². The molecular formula is C38H50O14Si. The van der Waals surface area contributed by atoms with Crippen LogP contribution in [0.1, 0.15) is 72.2 Å². The minimum absolute atomic E-state index is 0.0990. The number of Topliss-reactive ketones (excluding diaryl/α,β-unsaturated/α-hetero) is 1. The molecule has 6 rings (SSSR count). The summed E-state index contributed by atoms with van der Waals surface area (Å²) in [6.45, 7) is 13.6. The summed E-state index contributed by atoms with van der Waals surface area (Å²) in [5, 5.41) is 12.0. The Kier molecular flexibility index (Phi) is 9.91. The topological polar surface area (TPSA) is 179 Å². The fraction of sp³-hybridized carbons (Fsp3) is 0.658. The van der Waals surface area contributed by atoms with Gasteiger partial charge in [0.1, 0.15) is 12.2 Å². The molecule has 3 aliphatic carbocycles. The van der Waals surface area contributed by atoms with Gasteiger partial charge in [0.05, 0.1) is 36.7 Å². The first kappa shape index (κ1) is 38.9. The van der Waals surface area contributed by atoms with Crippen LogP contribution in [0.25, 0.3) is 0 Å². The van der Waals surface area contributed by atoms with Crippen LogP contribution in [0.15, 0.2) is 41.5 Å². The number of hydrogen-bond donors (Lipinski definition) is 1. The quantitative estimate of drug-likeness (QED) is 0.153. The van der Waals surface area contributed by atoms with Crippen molar-refractivity contribution in [3.63, 3.8) is 0 Å². The lowest BCUT2D eigenvalue weighted by Gasteiger charge is -2.68. The van der Waals surface area contributed by atoms with E-state index < -0.39 is 103 Å². The highest BCUT2D eigenvalue weighted by Gasteiger charge is 2.83. The average molecular weight is 759 g/mol. The van der Waals surface area contributed by atoms with Crippen LogP contribution >= 0.6 is 0 Å². The van der Waals surface area contributed by atoms with Crippen molar-refractivity contribution < 1.29 is 66.7 Å². The molecule has 15 heteroatoms. The normalized spacial score (nSPS) is 36.9. The lowest BCUT2D eigenvalue weighted by molar-refractivity contribution is -0.344. The summed E-state index contributed by atoms with van der Waals surface area (Å²) in [4.78, 5) is 70.0. The van der Waals surface area contributed by atoms with Crippen LogP contribution < -0.4 is 0 Å². The van der Waals surface area contributed by atoms with Gasteiger partial charge in [-0.05, 0) is 55.3 Å². The van der Waals surface area contributed by atoms with Gasteiger partial charge in [-0.3, -0.25) is 9.59 Å². The largest absolute Gasteiger partial charge is 0.509 e. The number of rotatable bonds is 9. The molecule has 2 saturated carbocycles. The number of aliphatic hydroxyl groups excluding tert-OH is 1. The Morgan fingerprint density at radius 2 is 1.64 bits per heavy atom. The monoisotopic (exact) mass is 758 g/mol. The summed E-state index contributed by atoms with van der Waals surface area (Å²) in [6, 6.07) is 10.3. The van der Waals surface area contributed by atoms with Crippen LogP contribution in [-0.2, 0) is 47.2 Å². The van der Waals surface area contributed by atoms with Crippen molar-refractivity contribution in [2.24, 2.45) is 16.7 Å². The molecule has 1 spiro atoms. The lowest BCUT2D eigenvalue weighted by Crippen LogP contribution is -2.83. The van der Waals surface area contributed by atoms with Crippen molar-refractivity contribution in [1.29, 1.82) is 0 Å². The molecule has 2 saturated heterocycles. The molecule has 2 unspecified atom stereocenters. The van der Waals surface area contributed by atoms with Crippen molar-refractivity contribution in [1.82, 2.24) is 0 Å². The van der Waals surface area contributed by atoms with Crippen LogP contribution in [0.2, 0.25) is 18.1 Å². The van der Waals surface area contributed by atoms with E-state index in [1.165, 1.54) is 6.92 Å². The van der Waals surface area contributed by atoms with Gasteiger partial charge in [-0.25, -0.2) is 14.4 Å². The van der Waals surface area contributed by atoms with E-state index in [0.29, 0.717) is 18.1 Å². The van der Waals surface area contributed by atoms with Crippen molar-refractivity contribution in [2.75, 3.05) is 13.7 Å². The molecule has 4 fully saturated rings. The van der Waals surface area contributed by atoms with E-state index in [-0.39, 0.29) is 29.7 Å². The van der Waals surface area contributed by atoms with Gasteiger partial charge in [0.2, 0.25) is 5.60 Å². The van der Waals surface area contributed by atoms with Gasteiger partial charge in [-0.1, -0.05) is 52.8 Å². The van der Waals surface area contributed by atoms with Gasteiger partial charge in [-0.2, -0.15) is 0 Å². The predicted octanol–water partition coefficient (Wildman–Crippen LogP) is 5.06. The standard InChI is InChI=1S/C38H50O14Si/c1-10-53(11-2,12-3)52-23-18-24-37(19-46-24,50-21(5)39)28-31(48-32(42)22-16-14-13-15-17-22)38-30(49-34(44)51-38)26(40)20(4)25(35(38,6)7)27(47-33(43)45-9)29(41)36(23,28)8/h13-17,23-24,26-28,30-31,40H,10-12,18-19H2,1-9H3/t23-,24+,26+,27+,28?,30-,31?,36+,37-,38+/m0/s1. The molecule has 5 aliphatic rings. The van der Waals surface area contributed by atoms with E-state index >= 15 is 4.79 Å². The van der Waals surface area contributed by atoms with Gasteiger partial charge < -0.3 is 42.7 Å². The average Bonchev–Trinajstić information content (AvgIpc) is 3.50. The van der Waals surface area contributed by atoms with E-state index in [9.17, 15) is 24.3 Å². The zero-order valence-corrected chi connectivity index (χ0v) is 32.7. The maximum atomic E-state index is 15.9. The van der Waals surface area contributed by atoms with Crippen LogP contribution in [-0.4, -0.2) is 105 Å². The van der Waals surface area contributed by atoms with Crippen LogP contribution in [0.3, 0.4) is 0 Å². The molecule has 2 aliphatic heterocycles. The highest BCUT2D eigenvalue weighted by Crippen LogP contribution is 2.67. The van der Waals surface area contributed by atoms with Crippen LogP contribution in [0.4, 0.5) is 9.59 Å². The number of carbonyl (C=O) groups is 5. The third kappa shape index (κ3) is 5.47. The molecule has 290 valence electrons. The molecule has 53 heavy (non-hydrogen) atoms. The first-order chi connectivity index (χ1) is 24.9. The molecule has 0 aromatic heterocycles. The fourth-order valence-corrected chi connectivity index (χ4v) is 13.0. The maximum Gasteiger partial charge on any atom is 0.509 e. The second kappa shape index (κ2) is 13.5. The number of methoxy groups -OCH3 is 1. The zero-order chi connectivity index (χ0) is 38.9. The van der Waals surface area contributed by atoms with Crippen LogP contribution in [0.5, 0.6) is 0 Å². The van der Waals surface area contributed by atoms with Crippen molar-refractivity contribution in [2.45, 2.75) is 128 Å². The molecule has 14 nitrogen and oxygen atoms in total. The fourth-order valence-electron chi connectivity index (χ4n) is 10.1. The number of ether oxygens (including phenoxy) is 7. The minimum atomic E-state index is -2.58. The summed E-state index contributed by atoms with van der Waals surface area (Å²) < 4.78 is 49.1. The Morgan fingerprint density at radius 3 is 2.19 bits per heavy atom. The predicted molar refractivity (Wildman–Crippen MR) is 187 cm³/mol. The van der Waals surface area contributed by atoms with Crippen molar-refractivity contribution in [3.8, 4) is 0 Å². The highest BCUT2D eigenvalue weighted by molar-refractivity contribution is 6.73. The van der Waals surface area contributed by atoms with E-state index in [2.05, 4.69) is 0 Å². The van der Waals surface area contributed by atoms with Crippen molar-refractivity contribution >= 4 is 38.3 Å². The molecule has 1 aromatic rings. The smallest absolute Gasteiger partial charge is 0.454 e. The summed E-state index contributed by atoms with van der Waals surface area (Å²) in [7, 11) is -1.47. The molecule has 2 heterocycles. The van der Waals surface area contributed by atoms with Gasteiger partial charge >= 0.3 is 24.2 Å². The first-order valence-corrected chi connectivity index (χ1v) is 20.8. The summed E-state index contributed by atoms with van der Waals surface area (Å²) in [6.07, 6.45) is -10.5. The molecule has 0 radical (unpaired) electrons. The van der Waals surface area contributed by atoms with Gasteiger partial charge in [-0.15, -0.1) is 0 Å². The molecule has 1 N–H and O–H groups in total. The Morgan fingerprint density at radius 1 is 1.00 bits per heavy atom. The summed E-state index contributed by atoms with van der Waals surface area (Å²) >= 11 is 0. The summed E-state index contributed by atoms with van der Waals surface area (Å²) in [5.74, 6) is -3.56. The number of esters is 2. The van der Waals surface area contributed by atoms with Crippen LogP contribution in [0, 0.1) is 16.7 Å². The number of aliphatic hydroxyl groups is 1. The summed E-state index contributed by atoms with van der Waals surface area (Å²) in [5.41, 5.74) is -6.65. The SMILES string of the molecule is CC[Si](CC)(CC)O[C@H]1C[C@H]2OC[C@@]2(OC(C)=O)C2C(OC(=O)c3ccccc3)[C@]34OC(=O)O[C@H]3[C@H](O)C(C)=C([C@@H](OC(=O)OC)C(=O)[C@@]21C)C4(C)C. The van der Waals surface area contributed by atoms with Gasteiger partial charge in [0, 0.05) is 18.8 Å². The molecule has 1 aromatic carbocycles. The zero-order valence-electron chi connectivity index (χ0n) is 31.7. The molecule has 10 atom stereocenters. The Bertz CT molecular complexity index is 1700. The Balaban J connectivity index is 1.74. The van der Waals surface area contributed by atoms with Crippen molar-refractivity contribution in [3.05, 3.63) is 47.0 Å². The second-order valence-electron chi connectivity index (χ2n) is 15.6. The third-order valence-electron chi connectivity index (χ3n) is 13.1. The molecule has 2 bridgehead atoms. The number of ketones is 1. The van der Waals surface area contributed by atoms with E-state index in [1.54, 1.807) is 58.0 Å². The van der Waals surface area contributed by atoms with Gasteiger partial charge in [0.15, 0.2) is 38.0 Å². The number of hydrogen-bond acceptors (Lipinski definition) is 14. The maximum absolute atomic E-state index is 15.9. The minimum Gasteiger partial charge on any atom is -0.454 e. The van der Waals surface area contributed by atoms with E-state index in [4.69, 9.17) is 37.6 Å². The first-order valence-electron chi connectivity index (χ1n) is 18.3. The number of fused-ring (bicyclic) bond motifs is 4. The number of carbonyl (C=O) groups excluding carboxylic acids is 5. The van der Waals surface area contributed by atoms with E-state index in [0.717, 1.165) is 7.11 Å². The highest BCUT2D eigenvalue weighted by atomic mass is 28.4. The second-order valence-corrected chi connectivity index (χ2v) is 20.3. The van der Waals surface area contributed by atoms with E-state index in [1.807, 2.05) is 20.8 Å². The number of benzene rings is 1. The van der Waals surface area contributed by atoms with Gasteiger partial charge in [0.25, 0.3) is 0 Å². The third-order valence-corrected chi connectivity index (χ3v) is 17.7. The molecular weight excluding hydrogens is 708 g/mol.